The maximum atomic E-state index is 12.6. The van der Waals surface area contributed by atoms with Crippen LogP contribution in [-0.2, 0) is 19.6 Å². The van der Waals surface area contributed by atoms with Gasteiger partial charge in [-0.1, -0.05) is 0 Å². The van der Waals surface area contributed by atoms with Crippen LogP contribution in [0.5, 0.6) is 5.75 Å². The van der Waals surface area contributed by atoms with E-state index in [4.69, 9.17) is 9.47 Å². The number of esters is 1. The molecule has 0 heterocycles. The topological polar surface area (TPSA) is 102 Å². The standard InChI is InChI=1S/C22H28N2O6S/c1-16(2)30-22(26)17-7-9-18(10-8-17)23-21(25)6-5-15-24(3)31(27,28)20-13-11-19(29-4)12-14-20/h7-14,16H,5-6,15H2,1-4H3,(H,23,25). The zero-order chi connectivity index (χ0) is 23.0. The summed E-state index contributed by atoms with van der Waals surface area (Å²) in [5.74, 6) is -0.0927. The van der Waals surface area contributed by atoms with E-state index in [1.807, 2.05) is 0 Å². The maximum absolute atomic E-state index is 12.6. The highest BCUT2D eigenvalue weighted by Crippen LogP contribution is 2.19. The van der Waals surface area contributed by atoms with Crippen molar-refractivity contribution in [1.82, 2.24) is 4.31 Å². The summed E-state index contributed by atoms with van der Waals surface area (Å²) in [6, 6.07) is 12.5. The van der Waals surface area contributed by atoms with Gasteiger partial charge in [0.2, 0.25) is 15.9 Å². The van der Waals surface area contributed by atoms with Crippen molar-refractivity contribution >= 4 is 27.6 Å². The lowest BCUT2D eigenvalue weighted by Gasteiger charge is -2.17. The Labute approximate surface area is 183 Å². The molecule has 2 aromatic rings. The number of methoxy groups -OCH3 is 1. The molecule has 0 spiro atoms. The van der Waals surface area contributed by atoms with E-state index in [1.165, 1.54) is 30.6 Å². The average molecular weight is 449 g/mol. The Morgan fingerprint density at radius 2 is 1.65 bits per heavy atom. The van der Waals surface area contributed by atoms with Gasteiger partial charge >= 0.3 is 5.97 Å². The molecule has 31 heavy (non-hydrogen) atoms. The van der Waals surface area contributed by atoms with Gasteiger partial charge in [0, 0.05) is 25.7 Å². The van der Waals surface area contributed by atoms with Gasteiger partial charge in [0.05, 0.1) is 23.7 Å². The normalized spacial score (nSPS) is 11.4. The summed E-state index contributed by atoms with van der Waals surface area (Å²) in [5, 5.41) is 2.73. The highest BCUT2D eigenvalue weighted by atomic mass is 32.2. The molecular formula is C22H28N2O6S. The molecular weight excluding hydrogens is 420 g/mol. The van der Waals surface area contributed by atoms with Crippen LogP contribution in [0.15, 0.2) is 53.4 Å². The first-order valence-corrected chi connectivity index (χ1v) is 11.3. The molecule has 0 aliphatic heterocycles. The quantitative estimate of drug-likeness (QED) is 0.560. The number of hydrogen-bond donors (Lipinski definition) is 1. The number of amides is 1. The maximum Gasteiger partial charge on any atom is 0.338 e. The number of sulfonamides is 1. The molecule has 0 fully saturated rings. The van der Waals surface area contributed by atoms with Gasteiger partial charge in [-0.05, 0) is 68.8 Å². The largest absolute Gasteiger partial charge is 0.497 e. The van der Waals surface area contributed by atoms with Gasteiger partial charge in [0.15, 0.2) is 0 Å². The number of nitrogens with zero attached hydrogens (tertiary/aromatic N) is 1. The fourth-order valence-corrected chi connectivity index (χ4v) is 3.91. The van der Waals surface area contributed by atoms with E-state index in [0.29, 0.717) is 23.4 Å². The van der Waals surface area contributed by atoms with Crippen molar-refractivity contribution in [2.45, 2.75) is 37.7 Å². The van der Waals surface area contributed by atoms with Gasteiger partial charge < -0.3 is 14.8 Å². The van der Waals surface area contributed by atoms with E-state index in [9.17, 15) is 18.0 Å². The van der Waals surface area contributed by atoms with Crippen molar-refractivity contribution < 1.29 is 27.5 Å². The number of anilines is 1. The van der Waals surface area contributed by atoms with Crippen molar-refractivity contribution in [3.05, 3.63) is 54.1 Å². The Hall–Kier alpha value is -2.91. The zero-order valence-corrected chi connectivity index (χ0v) is 18.9. The molecule has 8 nitrogen and oxygen atoms in total. The minimum atomic E-state index is -3.64. The smallest absolute Gasteiger partial charge is 0.338 e. The van der Waals surface area contributed by atoms with Crippen molar-refractivity contribution in [3.8, 4) is 5.75 Å². The molecule has 1 N–H and O–H groups in total. The van der Waals surface area contributed by atoms with Crippen molar-refractivity contribution in [1.29, 1.82) is 0 Å². The molecule has 0 saturated heterocycles. The Morgan fingerprint density at radius 3 is 2.19 bits per heavy atom. The van der Waals surface area contributed by atoms with Crippen LogP contribution >= 0.6 is 0 Å². The first-order valence-electron chi connectivity index (χ1n) is 9.84. The predicted octanol–water partition coefficient (Wildman–Crippen LogP) is 3.30. The predicted molar refractivity (Wildman–Crippen MR) is 118 cm³/mol. The summed E-state index contributed by atoms with van der Waals surface area (Å²) in [5.41, 5.74) is 0.947. The number of carbonyl (C=O) groups excluding carboxylic acids is 2. The summed E-state index contributed by atoms with van der Waals surface area (Å²) in [4.78, 5) is 24.2. The minimum absolute atomic E-state index is 0.152. The zero-order valence-electron chi connectivity index (χ0n) is 18.1. The molecule has 0 atom stereocenters. The Morgan fingerprint density at radius 1 is 1.03 bits per heavy atom. The van der Waals surface area contributed by atoms with Crippen LogP contribution in [0, 0.1) is 0 Å². The number of benzene rings is 2. The third-order valence-corrected chi connectivity index (χ3v) is 6.26. The molecule has 0 aromatic heterocycles. The van der Waals surface area contributed by atoms with Crippen molar-refractivity contribution in [2.24, 2.45) is 0 Å². The number of rotatable bonds is 10. The Kier molecular flexibility index (Phi) is 8.58. The molecule has 168 valence electrons. The molecule has 0 saturated carbocycles. The van der Waals surface area contributed by atoms with E-state index in [1.54, 1.807) is 50.2 Å². The lowest BCUT2D eigenvalue weighted by Crippen LogP contribution is -2.28. The molecule has 9 heteroatoms. The fourth-order valence-electron chi connectivity index (χ4n) is 2.71. The first kappa shape index (κ1) is 24.4. The van der Waals surface area contributed by atoms with Crippen LogP contribution in [0.3, 0.4) is 0 Å². The van der Waals surface area contributed by atoms with E-state index >= 15 is 0 Å². The van der Waals surface area contributed by atoms with Gasteiger partial charge in [0.1, 0.15) is 5.75 Å². The van der Waals surface area contributed by atoms with Crippen LogP contribution in [0.4, 0.5) is 5.69 Å². The summed E-state index contributed by atoms with van der Waals surface area (Å²) < 4.78 is 36.6. The second-order valence-electron chi connectivity index (χ2n) is 7.19. The van der Waals surface area contributed by atoms with Gasteiger partial charge in [-0.15, -0.1) is 0 Å². The van der Waals surface area contributed by atoms with Gasteiger partial charge in [-0.3, -0.25) is 4.79 Å². The summed E-state index contributed by atoms with van der Waals surface area (Å²) in [6.07, 6.45) is 0.300. The minimum Gasteiger partial charge on any atom is -0.497 e. The number of ether oxygens (including phenoxy) is 2. The molecule has 2 aromatic carbocycles. The SMILES string of the molecule is COc1ccc(S(=O)(=O)N(C)CCCC(=O)Nc2ccc(C(=O)OC(C)C)cc2)cc1. The molecule has 0 unspecified atom stereocenters. The monoisotopic (exact) mass is 448 g/mol. The second-order valence-corrected chi connectivity index (χ2v) is 9.23. The summed E-state index contributed by atoms with van der Waals surface area (Å²) in [6.45, 7) is 3.74. The molecule has 0 aliphatic carbocycles. The van der Waals surface area contributed by atoms with E-state index in [-0.39, 0.29) is 29.9 Å². The van der Waals surface area contributed by atoms with Gasteiger partial charge in [0.25, 0.3) is 0 Å². The number of carbonyl (C=O) groups is 2. The highest BCUT2D eigenvalue weighted by Gasteiger charge is 2.20. The molecule has 1 amide bonds. The molecule has 0 radical (unpaired) electrons. The van der Waals surface area contributed by atoms with Crippen molar-refractivity contribution in [3.63, 3.8) is 0 Å². The molecule has 0 aliphatic rings. The van der Waals surface area contributed by atoms with Crippen molar-refractivity contribution in [2.75, 3.05) is 26.0 Å². The fraction of sp³-hybridized carbons (Fsp3) is 0.364. The van der Waals surface area contributed by atoms with Crippen LogP contribution in [0.25, 0.3) is 0 Å². The van der Waals surface area contributed by atoms with Gasteiger partial charge in [-0.2, -0.15) is 0 Å². The van der Waals surface area contributed by atoms with E-state index in [0.717, 1.165) is 0 Å². The Balaban J connectivity index is 1.83. The highest BCUT2D eigenvalue weighted by molar-refractivity contribution is 7.89. The van der Waals surface area contributed by atoms with Crippen LogP contribution in [-0.4, -0.2) is 51.4 Å². The number of hydrogen-bond acceptors (Lipinski definition) is 6. The van der Waals surface area contributed by atoms with E-state index in [2.05, 4.69) is 5.32 Å². The summed E-state index contributed by atoms with van der Waals surface area (Å²) >= 11 is 0. The second kappa shape index (κ2) is 10.9. The lowest BCUT2D eigenvalue weighted by atomic mass is 10.2. The van der Waals surface area contributed by atoms with Crippen LogP contribution in [0.1, 0.15) is 37.0 Å². The Bertz CT molecular complexity index is 986. The summed E-state index contributed by atoms with van der Waals surface area (Å²) in [7, 11) is -0.652. The average Bonchev–Trinajstić information content (AvgIpc) is 2.73. The number of nitrogens with one attached hydrogen (secondary N) is 1. The van der Waals surface area contributed by atoms with Crippen LogP contribution < -0.4 is 10.1 Å². The molecule has 0 bridgehead atoms. The van der Waals surface area contributed by atoms with Gasteiger partial charge in [-0.25, -0.2) is 17.5 Å². The third-order valence-electron chi connectivity index (χ3n) is 4.39. The lowest BCUT2D eigenvalue weighted by molar-refractivity contribution is -0.116. The molecule has 2 rings (SSSR count). The van der Waals surface area contributed by atoms with E-state index < -0.39 is 16.0 Å². The third kappa shape index (κ3) is 7.08. The van der Waals surface area contributed by atoms with Crippen LogP contribution in [0.2, 0.25) is 0 Å². The first-order chi connectivity index (χ1) is 14.6.